The van der Waals surface area contributed by atoms with Crippen molar-refractivity contribution in [3.63, 3.8) is 0 Å². The number of hydrogen-bond donors (Lipinski definition) is 0. The molecule has 0 heterocycles. The minimum atomic E-state index is 0.256. The largest absolute Gasteiger partial charge is 0.473 e. The highest BCUT2D eigenvalue weighted by Crippen LogP contribution is 2.12. The lowest BCUT2D eigenvalue weighted by molar-refractivity contribution is -0.0628. The van der Waals surface area contributed by atoms with Crippen LogP contribution in [0.25, 0.3) is 0 Å². The number of rotatable bonds is 11. The molecule has 0 aliphatic heterocycles. The van der Waals surface area contributed by atoms with Crippen LogP contribution in [0.4, 0.5) is 0 Å². The van der Waals surface area contributed by atoms with Crippen molar-refractivity contribution in [2.45, 2.75) is 27.7 Å². The third-order valence-electron chi connectivity index (χ3n) is 2.51. The van der Waals surface area contributed by atoms with E-state index in [0.717, 1.165) is 0 Å². The Hall–Kier alpha value is -1.00. The third kappa shape index (κ3) is 10.2. The van der Waals surface area contributed by atoms with Crippen LogP contribution in [0.5, 0.6) is 0 Å². The van der Waals surface area contributed by atoms with Crippen LogP contribution >= 0.6 is 0 Å². The van der Waals surface area contributed by atoms with Crippen molar-refractivity contribution in [3.8, 4) is 0 Å². The highest BCUT2D eigenvalue weighted by atomic mass is 16.7. The minimum absolute atomic E-state index is 0.256. The maximum absolute atomic E-state index is 5.39. The second-order valence-corrected chi connectivity index (χ2v) is 4.62. The first kappa shape index (κ1) is 17.0. The Bertz CT molecular complexity index is 224. The summed E-state index contributed by atoms with van der Waals surface area (Å²) in [7, 11) is 0. The second-order valence-electron chi connectivity index (χ2n) is 4.62. The van der Waals surface area contributed by atoms with Crippen LogP contribution < -0.4 is 0 Å². The van der Waals surface area contributed by atoms with Gasteiger partial charge in [-0.1, -0.05) is 27.0 Å². The number of allylic oxidation sites excluding steroid dienone is 2. The molecule has 0 aliphatic rings. The van der Waals surface area contributed by atoms with Gasteiger partial charge in [-0.25, -0.2) is 0 Å². The van der Waals surface area contributed by atoms with Gasteiger partial charge in [-0.15, -0.1) is 0 Å². The molecule has 0 amide bonds. The van der Waals surface area contributed by atoms with Gasteiger partial charge in [0.2, 0.25) is 0 Å². The molecule has 18 heavy (non-hydrogen) atoms. The van der Waals surface area contributed by atoms with Crippen molar-refractivity contribution in [2.75, 3.05) is 26.8 Å². The molecule has 0 radical (unpaired) electrons. The Morgan fingerprint density at radius 1 is 0.833 bits per heavy atom. The SMILES string of the molecule is C=C(C)OCOCC(C)C(C)COCOC(=C)C. The lowest BCUT2D eigenvalue weighted by atomic mass is 9.98. The molecule has 4 nitrogen and oxygen atoms in total. The molecule has 2 unspecified atom stereocenters. The highest BCUT2D eigenvalue weighted by molar-refractivity contribution is 4.72. The summed E-state index contributed by atoms with van der Waals surface area (Å²) in [5.41, 5.74) is 0. The maximum Gasteiger partial charge on any atom is 0.188 e. The minimum Gasteiger partial charge on any atom is -0.473 e. The quantitative estimate of drug-likeness (QED) is 0.324. The Morgan fingerprint density at radius 2 is 1.17 bits per heavy atom. The van der Waals surface area contributed by atoms with E-state index in [-0.39, 0.29) is 13.6 Å². The third-order valence-corrected chi connectivity index (χ3v) is 2.51. The molecule has 0 aromatic carbocycles. The molecule has 0 N–H and O–H groups in total. The summed E-state index contributed by atoms with van der Waals surface area (Å²) in [6, 6.07) is 0. The van der Waals surface area contributed by atoms with Gasteiger partial charge in [-0.05, 0) is 25.7 Å². The Balaban J connectivity index is 3.53. The molecule has 4 heteroatoms. The van der Waals surface area contributed by atoms with Gasteiger partial charge in [0.05, 0.1) is 24.7 Å². The topological polar surface area (TPSA) is 36.9 Å². The van der Waals surface area contributed by atoms with Crippen molar-refractivity contribution in [3.05, 3.63) is 24.7 Å². The summed E-state index contributed by atoms with van der Waals surface area (Å²) in [6.07, 6.45) is 0. The van der Waals surface area contributed by atoms with E-state index < -0.39 is 0 Å². The monoisotopic (exact) mass is 258 g/mol. The fraction of sp³-hybridized carbons (Fsp3) is 0.714. The highest BCUT2D eigenvalue weighted by Gasteiger charge is 2.12. The van der Waals surface area contributed by atoms with E-state index in [0.29, 0.717) is 36.6 Å². The standard InChI is InChI=1S/C14H26O4/c1-11(2)17-9-15-7-13(5)14(6)8-16-10-18-12(3)4/h13-14H,1,3,7-10H2,2,4-6H3. The first-order valence-corrected chi connectivity index (χ1v) is 6.15. The molecular formula is C14H26O4. The Labute approximate surface area is 111 Å². The Kier molecular flexibility index (Phi) is 9.42. The van der Waals surface area contributed by atoms with E-state index in [9.17, 15) is 0 Å². The average molecular weight is 258 g/mol. The van der Waals surface area contributed by atoms with Gasteiger partial charge in [0.15, 0.2) is 13.6 Å². The van der Waals surface area contributed by atoms with Crippen LogP contribution in [0.2, 0.25) is 0 Å². The van der Waals surface area contributed by atoms with Gasteiger partial charge >= 0.3 is 0 Å². The lowest BCUT2D eigenvalue weighted by Crippen LogP contribution is -2.20. The summed E-state index contributed by atoms with van der Waals surface area (Å²) in [5.74, 6) is 2.11. The zero-order valence-corrected chi connectivity index (χ0v) is 12.0. The van der Waals surface area contributed by atoms with Crippen molar-refractivity contribution < 1.29 is 18.9 Å². The molecule has 0 saturated heterocycles. The molecule has 0 bridgehead atoms. The van der Waals surface area contributed by atoms with Crippen molar-refractivity contribution in [2.24, 2.45) is 11.8 Å². The van der Waals surface area contributed by atoms with Crippen LogP contribution in [0, 0.1) is 11.8 Å². The predicted octanol–water partition coefficient (Wildman–Crippen LogP) is 3.31. The molecule has 0 fully saturated rings. The van der Waals surface area contributed by atoms with E-state index in [1.54, 1.807) is 13.8 Å². The second kappa shape index (κ2) is 9.97. The zero-order valence-electron chi connectivity index (χ0n) is 12.0. The van der Waals surface area contributed by atoms with E-state index >= 15 is 0 Å². The molecule has 0 rings (SSSR count). The van der Waals surface area contributed by atoms with Crippen LogP contribution in [-0.4, -0.2) is 26.8 Å². The van der Waals surface area contributed by atoms with E-state index in [4.69, 9.17) is 18.9 Å². The molecule has 0 aromatic rings. The fourth-order valence-electron chi connectivity index (χ4n) is 1.08. The normalized spacial score (nSPS) is 13.8. The molecular weight excluding hydrogens is 232 g/mol. The lowest BCUT2D eigenvalue weighted by Gasteiger charge is -2.20. The average Bonchev–Trinajstić information content (AvgIpc) is 2.29. The van der Waals surface area contributed by atoms with Crippen molar-refractivity contribution in [1.82, 2.24) is 0 Å². The predicted molar refractivity (Wildman–Crippen MR) is 71.8 cm³/mol. The van der Waals surface area contributed by atoms with Crippen LogP contribution in [0.3, 0.4) is 0 Å². The zero-order chi connectivity index (χ0) is 14.0. The van der Waals surface area contributed by atoms with Gasteiger partial charge in [0, 0.05) is 0 Å². The smallest absolute Gasteiger partial charge is 0.188 e. The van der Waals surface area contributed by atoms with E-state index in [2.05, 4.69) is 27.0 Å². The number of hydrogen-bond acceptors (Lipinski definition) is 4. The van der Waals surface area contributed by atoms with Gasteiger partial charge in [-0.2, -0.15) is 0 Å². The van der Waals surface area contributed by atoms with Crippen LogP contribution in [0.15, 0.2) is 24.7 Å². The van der Waals surface area contributed by atoms with Gasteiger partial charge < -0.3 is 18.9 Å². The Morgan fingerprint density at radius 3 is 1.44 bits per heavy atom. The van der Waals surface area contributed by atoms with Crippen LogP contribution in [0.1, 0.15) is 27.7 Å². The molecule has 0 spiro atoms. The molecule has 106 valence electrons. The molecule has 2 atom stereocenters. The summed E-state index contributed by atoms with van der Waals surface area (Å²) in [4.78, 5) is 0. The summed E-state index contributed by atoms with van der Waals surface area (Å²) in [6.45, 7) is 16.9. The van der Waals surface area contributed by atoms with Gasteiger partial charge in [-0.3, -0.25) is 0 Å². The summed E-state index contributed by atoms with van der Waals surface area (Å²) >= 11 is 0. The van der Waals surface area contributed by atoms with E-state index in [1.807, 2.05) is 0 Å². The van der Waals surface area contributed by atoms with E-state index in [1.165, 1.54) is 0 Å². The van der Waals surface area contributed by atoms with Crippen LogP contribution in [-0.2, 0) is 18.9 Å². The first-order chi connectivity index (χ1) is 8.43. The molecule has 0 saturated carbocycles. The van der Waals surface area contributed by atoms with Crippen molar-refractivity contribution in [1.29, 1.82) is 0 Å². The summed E-state index contributed by atoms with van der Waals surface area (Å²) < 4.78 is 21.0. The molecule has 0 aromatic heterocycles. The number of ether oxygens (including phenoxy) is 4. The molecule has 0 aliphatic carbocycles. The van der Waals surface area contributed by atoms with Gasteiger partial charge in [0.1, 0.15) is 0 Å². The van der Waals surface area contributed by atoms with Crippen molar-refractivity contribution >= 4 is 0 Å². The van der Waals surface area contributed by atoms with Gasteiger partial charge in [0.25, 0.3) is 0 Å². The first-order valence-electron chi connectivity index (χ1n) is 6.15. The maximum atomic E-state index is 5.39. The summed E-state index contributed by atoms with van der Waals surface area (Å²) in [5, 5.41) is 0. The fourth-order valence-corrected chi connectivity index (χ4v) is 1.08.